The van der Waals surface area contributed by atoms with E-state index in [0.29, 0.717) is 25.9 Å². The number of piperidine rings is 1. The zero-order valence-electron chi connectivity index (χ0n) is 16.6. The number of amides is 2. The lowest BCUT2D eigenvalue weighted by Gasteiger charge is -2.33. The summed E-state index contributed by atoms with van der Waals surface area (Å²) in [6.45, 7) is 2.18. The Hall–Kier alpha value is -2.58. The number of sulfonamides is 1. The molecule has 1 saturated heterocycles. The molecule has 0 aromatic heterocycles. The van der Waals surface area contributed by atoms with Gasteiger partial charge in [0.15, 0.2) is 0 Å². The van der Waals surface area contributed by atoms with Crippen LogP contribution in [0.1, 0.15) is 18.4 Å². The maximum Gasteiger partial charge on any atom is 0.264 e. The number of hydrogen-bond acceptors (Lipinski definition) is 4. The van der Waals surface area contributed by atoms with Crippen LogP contribution in [0.15, 0.2) is 53.4 Å². The van der Waals surface area contributed by atoms with Crippen molar-refractivity contribution < 1.29 is 18.0 Å². The summed E-state index contributed by atoms with van der Waals surface area (Å²) < 4.78 is 27.8. The number of rotatable bonds is 6. The van der Waals surface area contributed by atoms with E-state index in [2.05, 4.69) is 0 Å². The molecule has 0 aliphatic carbocycles. The van der Waals surface area contributed by atoms with Crippen LogP contribution in [0.5, 0.6) is 0 Å². The second kappa shape index (κ2) is 9.06. The van der Waals surface area contributed by atoms with Gasteiger partial charge in [0.2, 0.25) is 11.8 Å². The smallest absolute Gasteiger partial charge is 0.264 e. The van der Waals surface area contributed by atoms with Gasteiger partial charge in [-0.1, -0.05) is 41.4 Å². The summed E-state index contributed by atoms with van der Waals surface area (Å²) in [5.74, 6) is -0.986. The Morgan fingerprint density at radius 2 is 1.70 bits per heavy atom. The monoisotopic (exact) mass is 449 g/mol. The number of carbonyl (C=O) groups is 2. The highest BCUT2D eigenvalue weighted by atomic mass is 35.5. The molecule has 160 valence electrons. The topological polar surface area (TPSA) is 101 Å². The lowest BCUT2D eigenvalue weighted by Crippen LogP contribution is -2.47. The highest BCUT2D eigenvalue weighted by molar-refractivity contribution is 7.92. The van der Waals surface area contributed by atoms with Crippen LogP contribution in [-0.2, 0) is 19.6 Å². The third-order valence-electron chi connectivity index (χ3n) is 5.26. The minimum absolute atomic E-state index is 0.0771. The molecule has 1 heterocycles. The van der Waals surface area contributed by atoms with Gasteiger partial charge >= 0.3 is 0 Å². The number of carbonyl (C=O) groups excluding carboxylic acids is 2. The number of primary amides is 1. The quantitative estimate of drug-likeness (QED) is 0.732. The first-order valence-corrected chi connectivity index (χ1v) is 11.4. The van der Waals surface area contributed by atoms with Crippen LogP contribution >= 0.6 is 11.6 Å². The normalized spacial score (nSPS) is 15.1. The third kappa shape index (κ3) is 4.76. The van der Waals surface area contributed by atoms with Gasteiger partial charge in [-0.2, -0.15) is 0 Å². The first-order chi connectivity index (χ1) is 14.2. The number of nitrogens with zero attached hydrogens (tertiary/aromatic N) is 2. The summed E-state index contributed by atoms with van der Waals surface area (Å²) in [4.78, 5) is 26.0. The SMILES string of the molecule is Cc1ccc(S(=O)(=O)N(CC(=O)N2CCC(C(N)=O)CC2)c2ccccc2Cl)cc1. The maximum absolute atomic E-state index is 13.4. The van der Waals surface area contributed by atoms with E-state index in [1.54, 1.807) is 41.3 Å². The average Bonchev–Trinajstić information content (AvgIpc) is 2.73. The van der Waals surface area contributed by atoms with E-state index in [4.69, 9.17) is 17.3 Å². The Balaban J connectivity index is 1.89. The van der Waals surface area contributed by atoms with E-state index >= 15 is 0 Å². The molecule has 0 radical (unpaired) electrons. The first kappa shape index (κ1) is 22.1. The lowest BCUT2D eigenvalue weighted by molar-refractivity contribution is -0.133. The van der Waals surface area contributed by atoms with Crippen molar-refractivity contribution in [2.75, 3.05) is 23.9 Å². The van der Waals surface area contributed by atoms with Gasteiger partial charge in [0.25, 0.3) is 10.0 Å². The predicted octanol–water partition coefficient (Wildman–Crippen LogP) is 2.57. The van der Waals surface area contributed by atoms with Gasteiger partial charge in [0.05, 0.1) is 15.6 Å². The molecule has 3 rings (SSSR count). The number of likely N-dealkylation sites (tertiary alicyclic amines) is 1. The molecule has 1 aliphatic heterocycles. The summed E-state index contributed by atoms with van der Waals surface area (Å²) in [5, 5.41) is 0.230. The molecule has 2 aromatic carbocycles. The van der Waals surface area contributed by atoms with Crippen LogP contribution in [0, 0.1) is 12.8 Å². The van der Waals surface area contributed by atoms with Crippen molar-refractivity contribution in [2.45, 2.75) is 24.7 Å². The van der Waals surface area contributed by atoms with E-state index < -0.39 is 10.0 Å². The highest BCUT2D eigenvalue weighted by Gasteiger charge is 2.32. The maximum atomic E-state index is 13.4. The van der Waals surface area contributed by atoms with Gasteiger partial charge < -0.3 is 10.6 Å². The van der Waals surface area contributed by atoms with Gasteiger partial charge in [-0.25, -0.2) is 8.42 Å². The predicted molar refractivity (Wildman–Crippen MR) is 116 cm³/mol. The molecule has 2 aromatic rings. The van der Waals surface area contributed by atoms with Crippen LogP contribution < -0.4 is 10.0 Å². The molecule has 0 spiro atoms. The fourth-order valence-corrected chi connectivity index (χ4v) is 5.15. The van der Waals surface area contributed by atoms with Gasteiger partial charge in [-0.3, -0.25) is 13.9 Å². The van der Waals surface area contributed by atoms with Gasteiger partial charge in [0, 0.05) is 19.0 Å². The Labute approximate surface area is 181 Å². The number of para-hydroxylation sites is 1. The summed E-state index contributed by atoms with van der Waals surface area (Å²) in [5.41, 5.74) is 6.51. The number of nitrogens with two attached hydrogens (primary N) is 1. The fraction of sp³-hybridized carbons (Fsp3) is 0.333. The molecule has 1 fully saturated rings. The Kier molecular flexibility index (Phi) is 6.67. The number of anilines is 1. The van der Waals surface area contributed by atoms with Crippen LogP contribution in [0.25, 0.3) is 0 Å². The molecule has 0 unspecified atom stereocenters. The zero-order chi connectivity index (χ0) is 21.9. The standard InChI is InChI=1S/C21H24ClN3O4S/c1-15-6-8-17(9-7-15)30(28,29)25(19-5-3-2-4-18(19)22)14-20(26)24-12-10-16(11-13-24)21(23)27/h2-9,16H,10-14H2,1H3,(H2,23,27). The number of hydrogen-bond donors (Lipinski definition) is 1. The van der Waals surface area contributed by atoms with Crippen LogP contribution in [0.4, 0.5) is 5.69 Å². The zero-order valence-corrected chi connectivity index (χ0v) is 18.2. The first-order valence-electron chi connectivity index (χ1n) is 9.61. The van der Waals surface area contributed by atoms with Crippen molar-refractivity contribution in [2.24, 2.45) is 11.7 Å². The molecule has 0 saturated carbocycles. The molecule has 30 heavy (non-hydrogen) atoms. The number of benzene rings is 2. The molecule has 0 bridgehead atoms. The summed E-state index contributed by atoms with van der Waals surface area (Å²) in [7, 11) is -4.02. The summed E-state index contributed by atoms with van der Waals surface area (Å²) >= 11 is 6.28. The number of halogens is 1. The van der Waals surface area contributed by atoms with Crippen molar-refractivity contribution >= 4 is 39.1 Å². The second-order valence-electron chi connectivity index (χ2n) is 7.33. The second-order valence-corrected chi connectivity index (χ2v) is 9.60. The molecule has 0 atom stereocenters. The molecule has 2 amide bonds. The van der Waals surface area contributed by atoms with Gasteiger partial charge in [0.1, 0.15) is 6.54 Å². The minimum atomic E-state index is -4.02. The van der Waals surface area contributed by atoms with E-state index in [1.807, 2.05) is 6.92 Å². The van der Waals surface area contributed by atoms with E-state index in [0.717, 1.165) is 9.87 Å². The van der Waals surface area contributed by atoms with Crippen molar-refractivity contribution in [1.82, 2.24) is 4.90 Å². The van der Waals surface area contributed by atoms with Crippen molar-refractivity contribution in [3.63, 3.8) is 0 Å². The van der Waals surface area contributed by atoms with E-state index in [9.17, 15) is 18.0 Å². The van der Waals surface area contributed by atoms with Crippen LogP contribution in [0.2, 0.25) is 5.02 Å². The molecular formula is C21H24ClN3O4S. The summed E-state index contributed by atoms with van der Waals surface area (Å²) in [6, 6.07) is 12.9. The third-order valence-corrected chi connectivity index (χ3v) is 7.35. The van der Waals surface area contributed by atoms with Crippen molar-refractivity contribution in [3.8, 4) is 0 Å². The highest BCUT2D eigenvalue weighted by Crippen LogP contribution is 2.30. The average molecular weight is 450 g/mol. The van der Waals surface area contributed by atoms with E-state index in [1.165, 1.54) is 12.1 Å². The molecule has 9 heteroatoms. The van der Waals surface area contributed by atoms with Crippen molar-refractivity contribution in [3.05, 3.63) is 59.1 Å². The molecule has 2 N–H and O–H groups in total. The largest absolute Gasteiger partial charge is 0.369 e. The van der Waals surface area contributed by atoms with Crippen LogP contribution in [-0.4, -0.2) is 44.8 Å². The van der Waals surface area contributed by atoms with Crippen molar-refractivity contribution in [1.29, 1.82) is 0 Å². The summed E-state index contributed by atoms with van der Waals surface area (Å²) in [6.07, 6.45) is 0.940. The van der Waals surface area contributed by atoms with E-state index in [-0.39, 0.29) is 39.9 Å². The molecular weight excluding hydrogens is 426 g/mol. The number of aryl methyl sites for hydroxylation is 1. The lowest BCUT2D eigenvalue weighted by atomic mass is 9.96. The molecule has 7 nitrogen and oxygen atoms in total. The Morgan fingerprint density at radius 1 is 1.10 bits per heavy atom. The fourth-order valence-electron chi connectivity index (χ4n) is 3.43. The minimum Gasteiger partial charge on any atom is -0.369 e. The Bertz CT molecular complexity index is 1030. The van der Waals surface area contributed by atoms with Crippen LogP contribution in [0.3, 0.4) is 0 Å². The van der Waals surface area contributed by atoms with Gasteiger partial charge in [-0.05, 0) is 44.0 Å². The molecule has 1 aliphatic rings. The Morgan fingerprint density at radius 3 is 2.27 bits per heavy atom. The van der Waals surface area contributed by atoms with Gasteiger partial charge in [-0.15, -0.1) is 0 Å².